The zero-order chi connectivity index (χ0) is 11.3. The van der Waals surface area contributed by atoms with E-state index in [4.69, 9.17) is 4.74 Å². The number of nitrogens with zero attached hydrogens (tertiary/aromatic N) is 1. The standard InChI is InChI=1S/C11H15NO3/c1-4-15-10-9(6-5-7-12-10)8(2)11(13)14-3/h5-8H,4H2,1-3H3. The second kappa shape index (κ2) is 5.34. The van der Waals surface area contributed by atoms with Gasteiger partial charge in [0.05, 0.1) is 19.6 Å². The van der Waals surface area contributed by atoms with E-state index in [-0.39, 0.29) is 11.9 Å². The SMILES string of the molecule is CCOc1ncccc1C(C)C(=O)OC. The van der Waals surface area contributed by atoms with Gasteiger partial charge in [0.25, 0.3) is 0 Å². The van der Waals surface area contributed by atoms with Crippen LogP contribution >= 0.6 is 0 Å². The largest absolute Gasteiger partial charge is 0.478 e. The molecule has 1 heterocycles. The normalized spacial score (nSPS) is 11.9. The molecule has 0 aliphatic heterocycles. The zero-order valence-corrected chi connectivity index (χ0v) is 9.19. The van der Waals surface area contributed by atoms with Crippen molar-refractivity contribution in [2.24, 2.45) is 0 Å². The van der Waals surface area contributed by atoms with Gasteiger partial charge in [-0.3, -0.25) is 4.79 Å². The predicted octanol–water partition coefficient (Wildman–Crippen LogP) is 1.76. The third kappa shape index (κ3) is 2.68. The number of rotatable bonds is 4. The number of hydrogen-bond acceptors (Lipinski definition) is 4. The topological polar surface area (TPSA) is 48.4 Å². The molecular formula is C11H15NO3. The maximum Gasteiger partial charge on any atom is 0.313 e. The fraction of sp³-hybridized carbons (Fsp3) is 0.455. The summed E-state index contributed by atoms with van der Waals surface area (Å²) in [6, 6.07) is 3.59. The monoisotopic (exact) mass is 209 g/mol. The van der Waals surface area contributed by atoms with Crippen LogP contribution < -0.4 is 4.74 Å². The lowest BCUT2D eigenvalue weighted by Gasteiger charge is -2.13. The summed E-state index contributed by atoms with van der Waals surface area (Å²) in [5, 5.41) is 0. The number of methoxy groups -OCH3 is 1. The summed E-state index contributed by atoms with van der Waals surface area (Å²) in [5.74, 6) is -0.146. The Labute approximate surface area is 89.2 Å². The molecule has 1 atom stereocenters. The molecule has 0 aromatic carbocycles. The molecule has 0 saturated carbocycles. The van der Waals surface area contributed by atoms with Crippen molar-refractivity contribution < 1.29 is 14.3 Å². The Kier molecular flexibility index (Phi) is 4.09. The number of carbonyl (C=O) groups excluding carboxylic acids is 1. The molecule has 0 N–H and O–H groups in total. The smallest absolute Gasteiger partial charge is 0.313 e. The molecule has 0 amide bonds. The number of hydrogen-bond donors (Lipinski definition) is 0. The van der Waals surface area contributed by atoms with Gasteiger partial charge in [-0.15, -0.1) is 0 Å². The lowest BCUT2D eigenvalue weighted by atomic mass is 10.0. The summed E-state index contributed by atoms with van der Waals surface area (Å²) in [4.78, 5) is 15.4. The molecule has 0 fully saturated rings. The first-order chi connectivity index (χ1) is 7.20. The lowest BCUT2D eigenvalue weighted by molar-refractivity contribution is -0.142. The van der Waals surface area contributed by atoms with Crippen LogP contribution in [0.4, 0.5) is 0 Å². The fourth-order valence-corrected chi connectivity index (χ4v) is 1.29. The van der Waals surface area contributed by atoms with E-state index < -0.39 is 0 Å². The molecule has 15 heavy (non-hydrogen) atoms. The third-order valence-corrected chi connectivity index (χ3v) is 2.10. The summed E-state index contributed by atoms with van der Waals surface area (Å²) in [5.41, 5.74) is 0.756. The van der Waals surface area contributed by atoms with Crippen LogP contribution in [0.2, 0.25) is 0 Å². The Hall–Kier alpha value is -1.58. The summed E-state index contributed by atoms with van der Waals surface area (Å²) in [7, 11) is 1.37. The Morgan fingerprint density at radius 1 is 1.60 bits per heavy atom. The van der Waals surface area contributed by atoms with Gasteiger partial charge in [0.2, 0.25) is 5.88 Å². The van der Waals surface area contributed by atoms with Crippen molar-refractivity contribution in [2.45, 2.75) is 19.8 Å². The number of pyridine rings is 1. The summed E-state index contributed by atoms with van der Waals surface area (Å²) in [6.07, 6.45) is 1.64. The Bertz CT molecular complexity index is 338. The molecule has 0 aliphatic rings. The van der Waals surface area contributed by atoms with Gasteiger partial charge in [-0.25, -0.2) is 4.98 Å². The van der Waals surface area contributed by atoms with Gasteiger partial charge < -0.3 is 9.47 Å². The molecule has 1 aromatic heterocycles. The highest BCUT2D eigenvalue weighted by Crippen LogP contribution is 2.24. The Morgan fingerprint density at radius 3 is 2.93 bits per heavy atom. The predicted molar refractivity (Wildman–Crippen MR) is 55.8 cm³/mol. The molecule has 0 radical (unpaired) electrons. The van der Waals surface area contributed by atoms with Crippen LogP contribution in [0.1, 0.15) is 25.3 Å². The van der Waals surface area contributed by atoms with Gasteiger partial charge in [0, 0.05) is 11.8 Å². The van der Waals surface area contributed by atoms with Crippen molar-refractivity contribution in [2.75, 3.05) is 13.7 Å². The molecule has 1 unspecified atom stereocenters. The van der Waals surface area contributed by atoms with E-state index in [1.54, 1.807) is 19.2 Å². The summed E-state index contributed by atoms with van der Waals surface area (Å²) in [6.45, 7) is 4.17. The molecule has 0 spiro atoms. The second-order valence-corrected chi connectivity index (χ2v) is 3.08. The van der Waals surface area contributed by atoms with Crippen molar-refractivity contribution in [1.29, 1.82) is 0 Å². The minimum atomic E-state index is -0.356. The highest BCUT2D eigenvalue weighted by atomic mass is 16.5. The van der Waals surface area contributed by atoms with Gasteiger partial charge in [0.15, 0.2) is 0 Å². The molecule has 0 saturated heterocycles. The maximum absolute atomic E-state index is 11.4. The Morgan fingerprint density at radius 2 is 2.33 bits per heavy atom. The highest BCUT2D eigenvalue weighted by Gasteiger charge is 2.20. The first kappa shape index (κ1) is 11.5. The van der Waals surface area contributed by atoms with E-state index in [0.717, 1.165) is 5.56 Å². The number of ether oxygens (including phenoxy) is 2. The van der Waals surface area contributed by atoms with Crippen LogP contribution in [0.3, 0.4) is 0 Å². The molecule has 1 rings (SSSR count). The molecule has 4 nitrogen and oxygen atoms in total. The minimum Gasteiger partial charge on any atom is -0.478 e. The van der Waals surface area contributed by atoms with E-state index in [1.165, 1.54) is 7.11 Å². The number of esters is 1. The van der Waals surface area contributed by atoms with Crippen molar-refractivity contribution in [3.63, 3.8) is 0 Å². The van der Waals surface area contributed by atoms with Gasteiger partial charge >= 0.3 is 5.97 Å². The third-order valence-electron chi connectivity index (χ3n) is 2.10. The minimum absolute atomic E-state index is 0.288. The molecule has 0 bridgehead atoms. The van der Waals surface area contributed by atoms with E-state index in [9.17, 15) is 4.79 Å². The van der Waals surface area contributed by atoms with Crippen LogP contribution in [-0.2, 0) is 9.53 Å². The molecular weight excluding hydrogens is 194 g/mol. The van der Waals surface area contributed by atoms with Crippen molar-refractivity contribution >= 4 is 5.97 Å². The van der Waals surface area contributed by atoms with Crippen LogP contribution in [0.5, 0.6) is 5.88 Å². The number of carbonyl (C=O) groups is 1. The highest BCUT2D eigenvalue weighted by molar-refractivity contribution is 5.78. The van der Waals surface area contributed by atoms with Crippen molar-refractivity contribution in [3.05, 3.63) is 23.9 Å². The number of aromatic nitrogens is 1. The fourth-order valence-electron chi connectivity index (χ4n) is 1.29. The first-order valence-electron chi connectivity index (χ1n) is 4.86. The summed E-state index contributed by atoms with van der Waals surface area (Å²) >= 11 is 0. The molecule has 0 aliphatic carbocycles. The van der Waals surface area contributed by atoms with Crippen molar-refractivity contribution in [3.8, 4) is 5.88 Å². The van der Waals surface area contributed by atoms with E-state index in [1.807, 2.05) is 13.0 Å². The van der Waals surface area contributed by atoms with E-state index in [2.05, 4.69) is 9.72 Å². The van der Waals surface area contributed by atoms with Crippen molar-refractivity contribution in [1.82, 2.24) is 4.98 Å². The zero-order valence-electron chi connectivity index (χ0n) is 9.19. The lowest BCUT2D eigenvalue weighted by Crippen LogP contribution is -2.12. The van der Waals surface area contributed by atoms with Crippen LogP contribution in [0, 0.1) is 0 Å². The molecule has 82 valence electrons. The summed E-state index contributed by atoms with van der Waals surface area (Å²) < 4.78 is 10.0. The average Bonchev–Trinajstić information content (AvgIpc) is 2.28. The van der Waals surface area contributed by atoms with E-state index >= 15 is 0 Å². The molecule has 1 aromatic rings. The van der Waals surface area contributed by atoms with E-state index in [0.29, 0.717) is 12.5 Å². The van der Waals surface area contributed by atoms with Gasteiger partial charge in [-0.1, -0.05) is 6.07 Å². The quantitative estimate of drug-likeness (QED) is 0.709. The average molecular weight is 209 g/mol. The van der Waals surface area contributed by atoms with Crippen LogP contribution in [0.15, 0.2) is 18.3 Å². The van der Waals surface area contributed by atoms with Gasteiger partial charge in [-0.2, -0.15) is 0 Å². The Balaban J connectivity index is 2.96. The van der Waals surface area contributed by atoms with Gasteiger partial charge in [-0.05, 0) is 19.9 Å². The van der Waals surface area contributed by atoms with Crippen LogP contribution in [0.25, 0.3) is 0 Å². The van der Waals surface area contributed by atoms with Gasteiger partial charge in [0.1, 0.15) is 0 Å². The van der Waals surface area contributed by atoms with Crippen LogP contribution in [-0.4, -0.2) is 24.7 Å². The first-order valence-corrected chi connectivity index (χ1v) is 4.86. The molecule has 4 heteroatoms. The second-order valence-electron chi connectivity index (χ2n) is 3.08. The maximum atomic E-state index is 11.4.